The Balaban J connectivity index is 0. The SMILES string of the molecule is C=C(C1=C(C)C(C)CCC1)C(C)C.CC.CC.Cc1cccc(C)c1. The summed E-state index contributed by atoms with van der Waals surface area (Å²) >= 11 is 0. The summed E-state index contributed by atoms with van der Waals surface area (Å²) in [5.74, 6) is 1.38. The highest BCUT2D eigenvalue weighted by atomic mass is 14.2. The molecule has 0 saturated carbocycles. The summed E-state index contributed by atoms with van der Waals surface area (Å²) in [5.41, 5.74) is 7.19. The van der Waals surface area contributed by atoms with Gasteiger partial charge in [-0.2, -0.15) is 0 Å². The third-order valence-corrected chi connectivity index (χ3v) is 4.54. The summed E-state index contributed by atoms with van der Waals surface area (Å²) in [5, 5.41) is 0. The van der Waals surface area contributed by atoms with Crippen LogP contribution in [0, 0.1) is 25.7 Å². The number of benzene rings is 1. The standard InChI is InChI=1S/C13H22.C8H10.2C2H6/c1-9(2)11(4)13-8-6-7-10(3)12(13)5;1-7-4-3-5-8(2)6-7;2*1-2/h9-10H,4,6-8H2,1-3,5H3;3-6H,1-2H3;2*1-2H3. The average molecular weight is 345 g/mol. The quantitative estimate of drug-likeness (QED) is 0.503. The van der Waals surface area contributed by atoms with Crippen LogP contribution in [0.15, 0.2) is 47.6 Å². The molecule has 1 aromatic rings. The van der Waals surface area contributed by atoms with Crippen molar-refractivity contribution in [2.45, 2.75) is 88.5 Å². The van der Waals surface area contributed by atoms with Crippen molar-refractivity contribution in [3.63, 3.8) is 0 Å². The fourth-order valence-corrected chi connectivity index (χ4v) is 2.87. The molecule has 2 rings (SSSR count). The topological polar surface area (TPSA) is 0 Å². The molecule has 0 amide bonds. The van der Waals surface area contributed by atoms with Gasteiger partial charge in [0.15, 0.2) is 0 Å². The molecule has 0 fully saturated rings. The summed E-state index contributed by atoms with van der Waals surface area (Å²) in [6.45, 7) is 25.5. The van der Waals surface area contributed by atoms with Crippen molar-refractivity contribution in [2.75, 3.05) is 0 Å². The average Bonchev–Trinajstić information content (AvgIpc) is 2.60. The van der Waals surface area contributed by atoms with Crippen molar-refractivity contribution in [1.82, 2.24) is 0 Å². The first-order chi connectivity index (χ1) is 11.8. The van der Waals surface area contributed by atoms with E-state index in [-0.39, 0.29) is 0 Å². The Kier molecular flexibility index (Phi) is 15.6. The maximum Gasteiger partial charge on any atom is -0.0222 e. The van der Waals surface area contributed by atoms with E-state index >= 15 is 0 Å². The Morgan fingerprint density at radius 3 is 1.84 bits per heavy atom. The normalized spacial score (nSPS) is 15.9. The van der Waals surface area contributed by atoms with Gasteiger partial charge < -0.3 is 0 Å². The molecule has 0 radical (unpaired) electrons. The zero-order chi connectivity index (χ0) is 20.0. The summed E-state index contributed by atoms with van der Waals surface area (Å²) in [7, 11) is 0. The van der Waals surface area contributed by atoms with Gasteiger partial charge in [0, 0.05) is 0 Å². The second-order valence-electron chi connectivity index (χ2n) is 6.79. The molecule has 1 aromatic carbocycles. The molecule has 0 nitrogen and oxygen atoms in total. The number of hydrogen-bond acceptors (Lipinski definition) is 0. The largest absolute Gasteiger partial charge is 0.0953 e. The van der Waals surface area contributed by atoms with Gasteiger partial charge in [-0.05, 0) is 63.0 Å². The Morgan fingerprint density at radius 1 is 1.00 bits per heavy atom. The first kappa shape index (κ1) is 25.9. The molecular weight excluding hydrogens is 300 g/mol. The molecule has 0 N–H and O–H groups in total. The van der Waals surface area contributed by atoms with Gasteiger partial charge >= 0.3 is 0 Å². The molecule has 0 spiro atoms. The van der Waals surface area contributed by atoms with Crippen LogP contribution in [0.1, 0.15) is 85.8 Å². The van der Waals surface area contributed by atoms with Crippen LogP contribution in [0.4, 0.5) is 0 Å². The second-order valence-corrected chi connectivity index (χ2v) is 6.79. The number of allylic oxidation sites excluding steroid dienone is 3. The van der Waals surface area contributed by atoms with E-state index in [1.165, 1.54) is 36.0 Å². The summed E-state index contributed by atoms with van der Waals surface area (Å²) < 4.78 is 0. The molecule has 0 heteroatoms. The van der Waals surface area contributed by atoms with Gasteiger partial charge in [0.1, 0.15) is 0 Å². The van der Waals surface area contributed by atoms with Crippen LogP contribution in [-0.4, -0.2) is 0 Å². The van der Waals surface area contributed by atoms with E-state index in [0.29, 0.717) is 5.92 Å². The van der Waals surface area contributed by atoms with Gasteiger partial charge in [0.25, 0.3) is 0 Å². The number of aryl methyl sites for hydroxylation is 2. The number of rotatable bonds is 2. The zero-order valence-corrected chi connectivity index (χ0v) is 18.8. The summed E-state index contributed by atoms with van der Waals surface area (Å²) in [4.78, 5) is 0. The number of hydrogen-bond donors (Lipinski definition) is 0. The predicted molar refractivity (Wildman–Crippen MR) is 118 cm³/mol. The van der Waals surface area contributed by atoms with E-state index in [4.69, 9.17) is 0 Å². The summed E-state index contributed by atoms with van der Waals surface area (Å²) in [6.07, 6.45) is 3.97. The highest BCUT2D eigenvalue weighted by molar-refractivity contribution is 5.36. The lowest BCUT2D eigenvalue weighted by molar-refractivity contribution is 0.532. The van der Waals surface area contributed by atoms with Crippen molar-refractivity contribution in [1.29, 1.82) is 0 Å². The van der Waals surface area contributed by atoms with E-state index in [1.54, 1.807) is 11.1 Å². The lowest BCUT2D eigenvalue weighted by atomic mass is 9.79. The molecule has 0 bridgehead atoms. The van der Waals surface area contributed by atoms with Crippen LogP contribution in [0.2, 0.25) is 0 Å². The molecule has 0 heterocycles. The Bertz CT molecular complexity index is 485. The first-order valence-electron chi connectivity index (χ1n) is 10.2. The van der Waals surface area contributed by atoms with E-state index in [2.05, 4.69) is 72.4 Å². The van der Waals surface area contributed by atoms with E-state index in [9.17, 15) is 0 Å². The lowest BCUT2D eigenvalue weighted by Crippen LogP contribution is -2.10. The molecule has 0 aliphatic heterocycles. The molecule has 1 unspecified atom stereocenters. The van der Waals surface area contributed by atoms with Gasteiger partial charge in [-0.15, -0.1) is 0 Å². The molecule has 0 aromatic heterocycles. The molecule has 144 valence electrons. The molecule has 1 atom stereocenters. The van der Waals surface area contributed by atoms with Crippen LogP contribution in [-0.2, 0) is 0 Å². The second kappa shape index (κ2) is 15.0. The van der Waals surface area contributed by atoms with Crippen molar-refractivity contribution in [3.05, 3.63) is 58.7 Å². The Hall–Kier alpha value is -1.30. The first-order valence-corrected chi connectivity index (χ1v) is 10.2. The minimum Gasteiger partial charge on any atom is -0.0953 e. The van der Waals surface area contributed by atoms with E-state index < -0.39 is 0 Å². The summed E-state index contributed by atoms with van der Waals surface area (Å²) in [6, 6.07) is 8.45. The van der Waals surface area contributed by atoms with Gasteiger partial charge in [-0.25, -0.2) is 0 Å². The Labute approximate surface area is 159 Å². The van der Waals surface area contributed by atoms with Crippen molar-refractivity contribution < 1.29 is 0 Å². The van der Waals surface area contributed by atoms with Crippen molar-refractivity contribution in [2.24, 2.45) is 11.8 Å². The van der Waals surface area contributed by atoms with Crippen LogP contribution < -0.4 is 0 Å². The maximum atomic E-state index is 4.20. The molecular formula is C25H44. The third-order valence-electron chi connectivity index (χ3n) is 4.54. The molecule has 1 aliphatic rings. The minimum atomic E-state index is 0.607. The lowest BCUT2D eigenvalue weighted by Gasteiger charge is -2.26. The van der Waals surface area contributed by atoms with Gasteiger partial charge in [-0.3, -0.25) is 0 Å². The van der Waals surface area contributed by atoms with Gasteiger partial charge in [-0.1, -0.05) is 96.0 Å². The smallest absolute Gasteiger partial charge is 0.0222 e. The fraction of sp³-hybridized carbons (Fsp3) is 0.600. The molecule has 25 heavy (non-hydrogen) atoms. The van der Waals surface area contributed by atoms with Crippen molar-refractivity contribution in [3.8, 4) is 0 Å². The van der Waals surface area contributed by atoms with Crippen LogP contribution in [0.3, 0.4) is 0 Å². The van der Waals surface area contributed by atoms with Crippen molar-refractivity contribution >= 4 is 0 Å². The van der Waals surface area contributed by atoms with Gasteiger partial charge in [0.2, 0.25) is 0 Å². The Morgan fingerprint density at radius 2 is 1.48 bits per heavy atom. The van der Waals surface area contributed by atoms with Crippen LogP contribution >= 0.6 is 0 Å². The monoisotopic (exact) mass is 344 g/mol. The zero-order valence-electron chi connectivity index (χ0n) is 18.8. The molecule has 0 saturated heterocycles. The van der Waals surface area contributed by atoms with Gasteiger partial charge in [0.05, 0.1) is 0 Å². The van der Waals surface area contributed by atoms with Crippen LogP contribution in [0.5, 0.6) is 0 Å². The van der Waals surface area contributed by atoms with Crippen LogP contribution in [0.25, 0.3) is 0 Å². The fourth-order valence-electron chi connectivity index (χ4n) is 2.87. The highest BCUT2D eigenvalue weighted by Gasteiger charge is 2.18. The predicted octanol–water partition coefficient (Wildman–Crippen LogP) is 8.69. The third kappa shape index (κ3) is 10.3. The highest BCUT2D eigenvalue weighted by Crippen LogP contribution is 2.35. The maximum absolute atomic E-state index is 4.20. The molecule has 1 aliphatic carbocycles. The van der Waals surface area contributed by atoms with E-state index in [0.717, 1.165) is 5.92 Å². The minimum absolute atomic E-state index is 0.607. The van der Waals surface area contributed by atoms with E-state index in [1.807, 2.05) is 27.7 Å².